The summed E-state index contributed by atoms with van der Waals surface area (Å²) in [6.07, 6.45) is 1.05. The minimum atomic E-state index is -0.557. The van der Waals surface area contributed by atoms with E-state index in [1.165, 1.54) is 11.8 Å². The Morgan fingerprint density at radius 1 is 1.67 bits per heavy atom. The van der Waals surface area contributed by atoms with Crippen molar-refractivity contribution >= 4 is 11.8 Å². The Kier molecular flexibility index (Phi) is 5.62. The van der Waals surface area contributed by atoms with Gasteiger partial charge in [-0.2, -0.15) is 0 Å². The first-order valence-electron chi connectivity index (χ1n) is 4.57. The van der Waals surface area contributed by atoms with Crippen molar-refractivity contribution in [1.29, 1.82) is 0 Å². The Balaban J connectivity index is 2.16. The fourth-order valence-electron chi connectivity index (χ4n) is 0.906. The van der Waals surface area contributed by atoms with Gasteiger partial charge in [-0.25, -0.2) is 0 Å². The van der Waals surface area contributed by atoms with E-state index in [9.17, 15) is 5.11 Å². The number of thioether (sulfide) groups is 1. The van der Waals surface area contributed by atoms with Gasteiger partial charge in [-0.15, -0.1) is 10.2 Å². The third-order valence-corrected chi connectivity index (χ3v) is 2.80. The van der Waals surface area contributed by atoms with Gasteiger partial charge in [-0.05, 0) is 0 Å². The first-order valence-corrected chi connectivity index (χ1v) is 5.56. The van der Waals surface area contributed by atoms with E-state index in [-0.39, 0.29) is 19.8 Å². The third-order valence-electron chi connectivity index (χ3n) is 1.62. The number of rotatable bonds is 7. The van der Waals surface area contributed by atoms with Crippen molar-refractivity contribution in [3.8, 4) is 0 Å². The maximum Gasteiger partial charge on any atom is 0.190 e. The van der Waals surface area contributed by atoms with Crippen LogP contribution in [0.2, 0.25) is 0 Å². The molecule has 0 aromatic carbocycles. The molecule has 0 bridgehead atoms. The monoisotopic (exact) mass is 233 g/mol. The maximum atomic E-state index is 9.48. The number of aromatic nitrogens is 3. The van der Waals surface area contributed by atoms with Crippen LogP contribution in [0.4, 0.5) is 0 Å². The number of aliphatic hydroxyl groups excluding tert-OH is 2. The summed E-state index contributed by atoms with van der Waals surface area (Å²) in [4.78, 5) is 0. The first-order chi connectivity index (χ1) is 7.24. The molecule has 0 aliphatic heterocycles. The number of hydrogen-bond donors (Lipinski definition) is 2. The van der Waals surface area contributed by atoms with E-state index in [0.29, 0.717) is 5.75 Å². The SMILES string of the molecule is Cn1cnnc1SC[C@H](O)COCCO. The molecule has 1 atom stereocenters. The van der Waals surface area contributed by atoms with E-state index in [1.54, 1.807) is 10.9 Å². The smallest absolute Gasteiger partial charge is 0.190 e. The molecule has 0 saturated carbocycles. The summed E-state index contributed by atoms with van der Waals surface area (Å²) in [6, 6.07) is 0. The third kappa shape index (κ3) is 4.61. The van der Waals surface area contributed by atoms with Crippen LogP contribution < -0.4 is 0 Å². The zero-order valence-electron chi connectivity index (χ0n) is 8.54. The largest absolute Gasteiger partial charge is 0.394 e. The highest BCUT2D eigenvalue weighted by atomic mass is 32.2. The van der Waals surface area contributed by atoms with Gasteiger partial charge in [0.05, 0.1) is 25.9 Å². The lowest BCUT2D eigenvalue weighted by atomic mass is 10.4. The molecule has 7 heteroatoms. The molecule has 15 heavy (non-hydrogen) atoms. The van der Waals surface area contributed by atoms with Crippen LogP contribution in [0.3, 0.4) is 0 Å². The van der Waals surface area contributed by atoms with Gasteiger partial charge in [0, 0.05) is 12.8 Å². The van der Waals surface area contributed by atoms with Gasteiger partial charge in [0.15, 0.2) is 5.16 Å². The summed E-state index contributed by atoms with van der Waals surface area (Å²) in [7, 11) is 1.84. The number of aryl methyl sites for hydroxylation is 1. The molecular weight excluding hydrogens is 218 g/mol. The highest BCUT2D eigenvalue weighted by Crippen LogP contribution is 2.14. The molecule has 1 aromatic rings. The molecular formula is C8H15N3O3S. The van der Waals surface area contributed by atoms with Gasteiger partial charge >= 0.3 is 0 Å². The second-order valence-electron chi connectivity index (χ2n) is 2.99. The van der Waals surface area contributed by atoms with Gasteiger partial charge in [-0.3, -0.25) is 0 Å². The van der Waals surface area contributed by atoms with E-state index >= 15 is 0 Å². The second kappa shape index (κ2) is 6.78. The summed E-state index contributed by atoms with van der Waals surface area (Å²) in [6.45, 7) is 0.459. The molecule has 0 saturated heterocycles. The van der Waals surface area contributed by atoms with E-state index in [0.717, 1.165) is 5.16 Å². The predicted octanol–water partition coefficient (Wildman–Crippen LogP) is -0.723. The Hall–Kier alpha value is -0.630. The van der Waals surface area contributed by atoms with Gasteiger partial charge in [-0.1, -0.05) is 11.8 Å². The molecule has 0 amide bonds. The fraction of sp³-hybridized carbons (Fsp3) is 0.750. The average molecular weight is 233 g/mol. The Labute approximate surface area is 92.3 Å². The van der Waals surface area contributed by atoms with E-state index in [2.05, 4.69) is 10.2 Å². The summed E-state index contributed by atoms with van der Waals surface area (Å²) in [5.41, 5.74) is 0. The van der Waals surface area contributed by atoms with Crippen molar-refractivity contribution in [3.63, 3.8) is 0 Å². The van der Waals surface area contributed by atoms with Crippen molar-refractivity contribution in [3.05, 3.63) is 6.33 Å². The van der Waals surface area contributed by atoms with Crippen LogP contribution in [-0.2, 0) is 11.8 Å². The zero-order chi connectivity index (χ0) is 11.1. The van der Waals surface area contributed by atoms with Crippen LogP contribution in [0.15, 0.2) is 11.5 Å². The Morgan fingerprint density at radius 2 is 2.47 bits per heavy atom. The lowest BCUT2D eigenvalue weighted by Gasteiger charge is -2.09. The van der Waals surface area contributed by atoms with E-state index < -0.39 is 6.10 Å². The number of hydrogen-bond acceptors (Lipinski definition) is 6. The van der Waals surface area contributed by atoms with Crippen molar-refractivity contribution in [2.75, 3.05) is 25.6 Å². The average Bonchev–Trinajstić information content (AvgIpc) is 2.61. The second-order valence-corrected chi connectivity index (χ2v) is 3.97. The van der Waals surface area contributed by atoms with Gasteiger partial charge in [0.25, 0.3) is 0 Å². The minimum absolute atomic E-state index is 0.0247. The quantitative estimate of drug-likeness (QED) is 0.478. The topological polar surface area (TPSA) is 80.4 Å². The molecule has 0 fully saturated rings. The van der Waals surface area contributed by atoms with Crippen molar-refractivity contribution in [2.24, 2.45) is 7.05 Å². The van der Waals surface area contributed by atoms with Crippen LogP contribution in [0.5, 0.6) is 0 Å². The van der Waals surface area contributed by atoms with Crippen molar-refractivity contribution in [1.82, 2.24) is 14.8 Å². The summed E-state index contributed by atoms with van der Waals surface area (Å²) < 4.78 is 6.77. The predicted molar refractivity (Wildman–Crippen MR) is 55.6 cm³/mol. The molecule has 0 aliphatic carbocycles. The minimum Gasteiger partial charge on any atom is -0.394 e. The fourth-order valence-corrected chi connectivity index (χ4v) is 1.70. The van der Waals surface area contributed by atoms with Crippen LogP contribution >= 0.6 is 11.8 Å². The number of nitrogens with zero attached hydrogens (tertiary/aromatic N) is 3. The number of ether oxygens (including phenoxy) is 1. The zero-order valence-corrected chi connectivity index (χ0v) is 9.35. The van der Waals surface area contributed by atoms with Gasteiger partial charge < -0.3 is 19.5 Å². The first kappa shape index (κ1) is 12.4. The number of aliphatic hydroxyl groups is 2. The van der Waals surface area contributed by atoms with Crippen molar-refractivity contribution < 1.29 is 14.9 Å². The summed E-state index contributed by atoms with van der Waals surface area (Å²) in [5, 5.41) is 26.3. The standard InChI is InChI=1S/C8H15N3O3S/c1-11-6-9-10-8(11)15-5-7(13)4-14-3-2-12/h6-7,12-13H,2-5H2,1H3/t7-/m1/s1. The summed E-state index contributed by atoms with van der Waals surface area (Å²) >= 11 is 1.42. The normalized spacial score (nSPS) is 13.0. The highest BCUT2D eigenvalue weighted by Gasteiger charge is 2.08. The van der Waals surface area contributed by atoms with Crippen LogP contribution in [0, 0.1) is 0 Å². The molecule has 86 valence electrons. The van der Waals surface area contributed by atoms with Crippen LogP contribution in [0.25, 0.3) is 0 Å². The molecule has 0 unspecified atom stereocenters. The lowest BCUT2D eigenvalue weighted by Crippen LogP contribution is -2.19. The lowest BCUT2D eigenvalue weighted by molar-refractivity contribution is 0.0311. The molecule has 1 aromatic heterocycles. The molecule has 2 N–H and O–H groups in total. The summed E-state index contributed by atoms with van der Waals surface area (Å²) in [5.74, 6) is 0.498. The Bertz CT molecular complexity index is 282. The highest BCUT2D eigenvalue weighted by molar-refractivity contribution is 7.99. The molecule has 0 aliphatic rings. The molecule has 0 spiro atoms. The van der Waals surface area contributed by atoms with Gasteiger partial charge in [0.2, 0.25) is 0 Å². The van der Waals surface area contributed by atoms with Gasteiger partial charge in [0.1, 0.15) is 6.33 Å². The van der Waals surface area contributed by atoms with Crippen LogP contribution in [-0.4, -0.2) is 56.7 Å². The molecule has 6 nitrogen and oxygen atoms in total. The van der Waals surface area contributed by atoms with Crippen LogP contribution in [0.1, 0.15) is 0 Å². The maximum absolute atomic E-state index is 9.48. The van der Waals surface area contributed by atoms with Crippen molar-refractivity contribution in [2.45, 2.75) is 11.3 Å². The van der Waals surface area contributed by atoms with E-state index in [4.69, 9.17) is 9.84 Å². The molecule has 1 heterocycles. The van der Waals surface area contributed by atoms with E-state index in [1.807, 2.05) is 7.05 Å². The Morgan fingerprint density at radius 3 is 3.07 bits per heavy atom. The molecule has 0 radical (unpaired) electrons. The molecule has 1 rings (SSSR count).